The molecule has 1 aliphatic rings. The van der Waals surface area contributed by atoms with Gasteiger partial charge in [0.05, 0.1) is 10.8 Å². The average molecular weight is 359 g/mol. The van der Waals surface area contributed by atoms with Crippen molar-refractivity contribution in [2.24, 2.45) is 5.92 Å². The van der Waals surface area contributed by atoms with Gasteiger partial charge in [-0.15, -0.1) is 0 Å². The van der Waals surface area contributed by atoms with E-state index in [4.69, 9.17) is 11.6 Å². The largest absolute Gasteiger partial charge is 0.351 e. The molecule has 2 rings (SSSR count). The molecule has 128 valence electrons. The topological polar surface area (TPSA) is 66.5 Å². The van der Waals surface area contributed by atoms with Gasteiger partial charge in [-0.25, -0.2) is 8.42 Å². The fourth-order valence-corrected chi connectivity index (χ4v) is 4.25. The van der Waals surface area contributed by atoms with Gasteiger partial charge in [-0.2, -0.15) is 4.31 Å². The van der Waals surface area contributed by atoms with Crippen molar-refractivity contribution >= 4 is 27.5 Å². The molecule has 5 nitrogen and oxygen atoms in total. The van der Waals surface area contributed by atoms with Crippen molar-refractivity contribution in [3.05, 3.63) is 29.3 Å². The van der Waals surface area contributed by atoms with E-state index in [1.807, 2.05) is 20.8 Å². The zero-order chi connectivity index (χ0) is 17.3. The van der Waals surface area contributed by atoms with Crippen LogP contribution < -0.4 is 5.32 Å². The van der Waals surface area contributed by atoms with E-state index >= 15 is 0 Å². The summed E-state index contributed by atoms with van der Waals surface area (Å²) in [7, 11) is -3.59. The molecule has 0 aliphatic carbocycles. The lowest BCUT2D eigenvalue weighted by molar-refractivity contribution is -0.127. The zero-order valence-corrected chi connectivity index (χ0v) is 15.2. The first-order valence-corrected chi connectivity index (χ1v) is 9.49. The van der Waals surface area contributed by atoms with Gasteiger partial charge in [-0.3, -0.25) is 4.79 Å². The zero-order valence-electron chi connectivity index (χ0n) is 13.7. The predicted molar refractivity (Wildman–Crippen MR) is 90.8 cm³/mol. The minimum atomic E-state index is -3.59. The fourth-order valence-electron chi connectivity index (χ4n) is 2.60. The number of hydrogen-bond acceptors (Lipinski definition) is 3. The molecule has 1 aromatic carbocycles. The summed E-state index contributed by atoms with van der Waals surface area (Å²) in [5.74, 6) is -0.404. The van der Waals surface area contributed by atoms with Gasteiger partial charge < -0.3 is 5.32 Å². The number of benzene rings is 1. The summed E-state index contributed by atoms with van der Waals surface area (Å²) >= 11 is 5.81. The number of carbonyl (C=O) groups excluding carboxylic acids is 1. The van der Waals surface area contributed by atoms with Gasteiger partial charge in [0, 0.05) is 23.7 Å². The van der Waals surface area contributed by atoms with Crippen LogP contribution >= 0.6 is 11.6 Å². The maximum absolute atomic E-state index is 12.7. The van der Waals surface area contributed by atoms with Crippen molar-refractivity contribution in [3.63, 3.8) is 0 Å². The third-order valence-electron chi connectivity index (χ3n) is 3.70. The van der Waals surface area contributed by atoms with Crippen molar-refractivity contribution in [1.29, 1.82) is 0 Å². The summed E-state index contributed by atoms with van der Waals surface area (Å²) in [4.78, 5) is 12.5. The third-order valence-corrected chi connectivity index (χ3v) is 5.84. The number of halogens is 1. The Morgan fingerprint density at radius 2 is 1.87 bits per heavy atom. The molecule has 0 aromatic heterocycles. The summed E-state index contributed by atoms with van der Waals surface area (Å²) in [6.45, 7) is 6.39. The molecule has 1 heterocycles. The normalized spacial score (nSPS) is 20.3. The quantitative estimate of drug-likeness (QED) is 0.903. The van der Waals surface area contributed by atoms with Gasteiger partial charge in [-0.05, 0) is 57.9 Å². The summed E-state index contributed by atoms with van der Waals surface area (Å²) < 4.78 is 26.8. The number of nitrogens with one attached hydrogen (secondary N) is 1. The number of piperidine rings is 1. The van der Waals surface area contributed by atoms with Gasteiger partial charge >= 0.3 is 0 Å². The predicted octanol–water partition coefficient (Wildman–Crippen LogP) is 2.66. The van der Waals surface area contributed by atoms with Crippen LogP contribution in [0.1, 0.15) is 33.6 Å². The Morgan fingerprint density at radius 3 is 2.43 bits per heavy atom. The summed E-state index contributed by atoms with van der Waals surface area (Å²) in [6, 6.07) is 6.11. The van der Waals surface area contributed by atoms with E-state index in [0.717, 1.165) is 0 Å². The van der Waals surface area contributed by atoms with E-state index in [-0.39, 0.29) is 28.8 Å². The molecule has 1 N–H and O–H groups in total. The van der Waals surface area contributed by atoms with Crippen LogP contribution in [0.2, 0.25) is 5.02 Å². The summed E-state index contributed by atoms with van der Waals surface area (Å²) in [5, 5.41) is 3.42. The monoisotopic (exact) mass is 358 g/mol. The van der Waals surface area contributed by atoms with Crippen molar-refractivity contribution in [1.82, 2.24) is 9.62 Å². The van der Waals surface area contributed by atoms with Gasteiger partial charge in [0.2, 0.25) is 15.9 Å². The van der Waals surface area contributed by atoms with Crippen LogP contribution in [-0.2, 0) is 14.8 Å². The number of amides is 1. The molecule has 23 heavy (non-hydrogen) atoms. The molecular formula is C16H23ClN2O3S. The number of hydrogen-bond donors (Lipinski definition) is 1. The highest BCUT2D eigenvalue weighted by Gasteiger charge is 2.34. The molecule has 1 saturated heterocycles. The Kier molecular flexibility index (Phi) is 5.38. The van der Waals surface area contributed by atoms with Crippen molar-refractivity contribution < 1.29 is 13.2 Å². The Bertz CT molecular complexity index is 666. The summed E-state index contributed by atoms with van der Waals surface area (Å²) in [5.41, 5.74) is -0.325. The van der Waals surface area contributed by atoms with Crippen LogP contribution in [0, 0.1) is 5.92 Å². The lowest BCUT2D eigenvalue weighted by Crippen LogP contribution is -2.49. The molecule has 1 amide bonds. The maximum Gasteiger partial charge on any atom is 0.243 e. The van der Waals surface area contributed by atoms with Crippen LogP contribution in [0.4, 0.5) is 0 Å². The second kappa shape index (κ2) is 6.79. The minimum Gasteiger partial charge on any atom is -0.351 e. The van der Waals surface area contributed by atoms with E-state index < -0.39 is 10.0 Å². The first-order valence-electron chi connectivity index (χ1n) is 7.67. The average Bonchev–Trinajstić information content (AvgIpc) is 2.46. The van der Waals surface area contributed by atoms with E-state index in [0.29, 0.717) is 24.4 Å². The standard InChI is InChI=1S/C16H23ClN2O3S/c1-16(2,3)18-15(20)12-5-4-10-19(11-12)23(21,22)14-8-6-13(17)7-9-14/h6-9,12H,4-5,10-11H2,1-3H3,(H,18,20). The van der Waals surface area contributed by atoms with Gasteiger partial charge in [-0.1, -0.05) is 11.6 Å². The molecule has 0 radical (unpaired) electrons. The highest BCUT2D eigenvalue weighted by molar-refractivity contribution is 7.89. The molecular weight excluding hydrogens is 336 g/mol. The van der Waals surface area contributed by atoms with Crippen LogP contribution in [0.5, 0.6) is 0 Å². The Morgan fingerprint density at radius 1 is 1.26 bits per heavy atom. The molecule has 7 heteroatoms. The second-order valence-corrected chi connectivity index (χ2v) is 9.27. The molecule has 1 aliphatic heterocycles. The van der Waals surface area contributed by atoms with Crippen molar-refractivity contribution in [2.75, 3.05) is 13.1 Å². The smallest absolute Gasteiger partial charge is 0.243 e. The van der Waals surface area contributed by atoms with Crippen LogP contribution in [0.3, 0.4) is 0 Å². The molecule has 0 saturated carbocycles. The number of carbonyl (C=O) groups is 1. The van der Waals surface area contributed by atoms with Gasteiger partial charge in [0.15, 0.2) is 0 Å². The van der Waals surface area contributed by atoms with E-state index in [2.05, 4.69) is 5.32 Å². The minimum absolute atomic E-state index is 0.0893. The van der Waals surface area contributed by atoms with Crippen LogP contribution in [-0.4, -0.2) is 37.3 Å². The lowest BCUT2D eigenvalue weighted by atomic mass is 9.97. The fraction of sp³-hybridized carbons (Fsp3) is 0.562. The molecule has 1 unspecified atom stereocenters. The van der Waals surface area contributed by atoms with E-state index in [1.54, 1.807) is 12.1 Å². The van der Waals surface area contributed by atoms with Crippen molar-refractivity contribution in [3.8, 4) is 0 Å². The van der Waals surface area contributed by atoms with Crippen molar-refractivity contribution in [2.45, 2.75) is 44.0 Å². The van der Waals surface area contributed by atoms with Crippen LogP contribution in [0.25, 0.3) is 0 Å². The van der Waals surface area contributed by atoms with E-state index in [9.17, 15) is 13.2 Å². The Balaban J connectivity index is 2.14. The first kappa shape index (κ1) is 18.2. The summed E-state index contributed by atoms with van der Waals surface area (Å²) in [6.07, 6.45) is 1.38. The second-order valence-electron chi connectivity index (χ2n) is 6.90. The number of nitrogens with zero attached hydrogens (tertiary/aromatic N) is 1. The molecule has 1 atom stereocenters. The van der Waals surface area contributed by atoms with Gasteiger partial charge in [0.25, 0.3) is 0 Å². The molecule has 0 spiro atoms. The number of sulfonamides is 1. The molecule has 1 fully saturated rings. The number of rotatable bonds is 3. The first-order chi connectivity index (χ1) is 10.6. The van der Waals surface area contributed by atoms with Crippen LogP contribution in [0.15, 0.2) is 29.2 Å². The third kappa shape index (κ3) is 4.68. The lowest BCUT2D eigenvalue weighted by Gasteiger charge is -2.33. The Hall–Kier alpha value is -1.11. The highest BCUT2D eigenvalue weighted by Crippen LogP contribution is 2.25. The molecule has 1 aromatic rings. The maximum atomic E-state index is 12.7. The molecule has 0 bridgehead atoms. The Labute approximate surface area is 143 Å². The highest BCUT2D eigenvalue weighted by atomic mass is 35.5. The van der Waals surface area contributed by atoms with E-state index in [1.165, 1.54) is 16.4 Å². The van der Waals surface area contributed by atoms with Gasteiger partial charge in [0.1, 0.15) is 0 Å². The SMILES string of the molecule is CC(C)(C)NC(=O)C1CCCN(S(=O)(=O)c2ccc(Cl)cc2)C1.